The molecule has 0 amide bonds. The zero-order valence-electron chi connectivity index (χ0n) is 29.7. The van der Waals surface area contributed by atoms with E-state index < -0.39 is 7.12 Å². The molecule has 0 aliphatic heterocycles. The molecule has 0 radical (unpaired) electrons. The van der Waals surface area contributed by atoms with Crippen molar-refractivity contribution in [1.29, 1.82) is 0 Å². The van der Waals surface area contributed by atoms with E-state index in [0.29, 0.717) is 32.6 Å². The van der Waals surface area contributed by atoms with Crippen molar-refractivity contribution in [3.63, 3.8) is 0 Å². The third kappa shape index (κ3) is 8.43. The van der Waals surface area contributed by atoms with E-state index >= 15 is 0 Å². The first-order valence-corrected chi connectivity index (χ1v) is 18.3. The molecule has 288 valence electrons. The van der Waals surface area contributed by atoms with Gasteiger partial charge in [-0.1, -0.05) is 178 Å². The summed E-state index contributed by atoms with van der Waals surface area (Å²) in [6.45, 7) is 0. The van der Waals surface area contributed by atoms with Gasteiger partial charge in [0, 0.05) is 21.5 Å². The largest absolute Gasteiger partial charge is 0.488 e. The minimum atomic E-state index is -1.39. The molecule has 4 nitrogen and oxygen atoms in total. The number of halogens is 3. The van der Waals surface area contributed by atoms with Crippen LogP contribution in [0.25, 0.3) is 77.3 Å². The Kier molecular flexibility index (Phi) is 12.9. The molecule has 0 saturated carbocycles. The molecule has 2 heterocycles. The fraction of sp³-hybridized carbons (Fsp3) is 0.0400. The van der Waals surface area contributed by atoms with Crippen molar-refractivity contribution in [2.45, 2.75) is 14.9 Å². The topological polar surface area (TPSA) is 66.7 Å². The normalized spacial score (nSPS) is 10.6. The lowest BCUT2D eigenvalue weighted by Gasteiger charge is -2.07. The van der Waals surface area contributed by atoms with Crippen LogP contribution in [0.2, 0.25) is 5.02 Å². The molecule has 0 saturated heterocycles. The second-order valence-corrected chi connectivity index (χ2v) is 13.4. The van der Waals surface area contributed by atoms with Crippen LogP contribution in [0, 0.1) is 11.6 Å². The smallest absolute Gasteiger partial charge is 0.453 e. The summed E-state index contributed by atoms with van der Waals surface area (Å²) in [4.78, 5) is 0. The molecule has 0 aliphatic rings. The van der Waals surface area contributed by atoms with Crippen LogP contribution >= 0.6 is 11.6 Å². The molecule has 10 aromatic rings. The zero-order chi connectivity index (χ0) is 38.6. The molecule has 2 N–H and O–H groups in total. The first-order valence-electron chi connectivity index (χ1n) is 17.9. The van der Waals surface area contributed by atoms with Gasteiger partial charge >= 0.3 is 7.12 Å². The molecule has 0 bridgehead atoms. The summed E-state index contributed by atoms with van der Waals surface area (Å²) in [5.41, 5.74) is 8.95. The van der Waals surface area contributed by atoms with Gasteiger partial charge < -0.3 is 18.9 Å². The number of para-hydroxylation sites is 2. The fourth-order valence-electron chi connectivity index (χ4n) is 6.74. The standard InChI is InChI=1S/C24H15FO.C12H11BO2.C12H6ClFO.2CH4/c25-21-15-14-19(23-20-8-4-5-9-22(20)26-24(21)23)18-12-10-17(11-13-18)16-6-2-1-3-7-16;14-13(15)12-8-6-11(7-9-12)10-4-2-1-3-5-10;13-8-5-6-9(14)12-11(8)7-3-1-2-4-10(7)15-12;;/h1-15H;1-9,14-15H;1-6H;2*1H4. The first-order chi connectivity index (χ1) is 27.4. The highest BCUT2D eigenvalue weighted by Gasteiger charge is 2.16. The molecular formula is C50H40BClF2O4. The molecule has 0 unspecified atom stereocenters. The Labute approximate surface area is 341 Å². The van der Waals surface area contributed by atoms with Crippen molar-refractivity contribution in [2.75, 3.05) is 0 Å². The molecule has 8 aromatic carbocycles. The Bertz CT molecular complexity index is 2910. The Morgan fingerprint density at radius 2 is 0.810 bits per heavy atom. The van der Waals surface area contributed by atoms with Crippen LogP contribution in [0.1, 0.15) is 14.9 Å². The molecule has 0 spiro atoms. The van der Waals surface area contributed by atoms with Crippen LogP contribution in [0.4, 0.5) is 8.78 Å². The van der Waals surface area contributed by atoms with Crippen molar-refractivity contribution in [1.82, 2.24) is 0 Å². The lowest BCUT2D eigenvalue weighted by atomic mass is 9.80. The van der Waals surface area contributed by atoms with Gasteiger partial charge in [0.15, 0.2) is 22.8 Å². The van der Waals surface area contributed by atoms with E-state index in [9.17, 15) is 8.78 Å². The second-order valence-electron chi connectivity index (χ2n) is 13.0. The van der Waals surface area contributed by atoms with Gasteiger partial charge in [0.25, 0.3) is 0 Å². The lowest BCUT2D eigenvalue weighted by Crippen LogP contribution is -2.29. The number of hydrogen-bond donors (Lipinski definition) is 2. The summed E-state index contributed by atoms with van der Waals surface area (Å²) in [6, 6.07) is 57.0. The van der Waals surface area contributed by atoms with Gasteiger partial charge in [0.05, 0.1) is 5.02 Å². The van der Waals surface area contributed by atoms with Crippen molar-refractivity contribution in [2.24, 2.45) is 0 Å². The minimum absolute atomic E-state index is 0. The molecule has 58 heavy (non-hydrogen) atoms. The molecule has 2 aromatic heterocycles. The van der Waals surface area contributed by atoms with E-state index in [4.69, 9.17) is 30.5 Å². The zero-order valence-corrected chi connectivity index (χ0v) is 30.5. The van der Waals surface area contributed by atoms with Crippen LogP contribution in [0.3, 0.4) is 0 Å². The number of furan rings is 2. The third-order valence-electron chi connectivity index (χ3n) is 9.52. The summed E-state index contributed by atoms with van der Waals surface area (Å²) < 4.78 is 38.9. The van der Waals surface area contributed by atoms with Crippen molar-refractivity contribution in [3.05, 3.63) is 199 Å². The molecule has 10 rings (SSSR count). The Hall–Kier alpha value is -6.51. The Morgan fingerprint density at radius 3 is 1.33 bits per heavy atom. The average molecular weight is 789 g/mol. The van der Waals surface area contributed by atoms with Crippen LogP contribution < -0.4 is 5.46 Å². The number of fused-ring (bicyclic) bond motifs is 6. The van der Waals surface area contributed by atoms with Crippen LogP contribution in [-0.4, -0.2) is 17.2 Å². The molecular weight excluding hydrogens is 749 g/mol. The lowest BCUT2D eigenvalue weighted by molar-refractivity contribution is 0.426. The first kappa shape index (κ1) is 41.1. The van der Waals surface area contributed by atoms with Crippen molar-refractivity contribution < 1.29 is 27.7 Å². The molecule has 0 aliphatic carbocycles. The van der Waals surface area contributed by atoms with Gasteiger partial charge in [0.1, 0.15) is 11.2 Å². The Balaban J connectivity index is 0.000000153. The monoisotopic (exact) mass is 788 g/mol. The summed E-state index contributed by atoms with van der Waals surface area (Å²) in [7, 11) is -1.39. The van der Waals surface area contributed by atoms with E-state index in [-0.39, 0.29) is 32.1 Å². The molecule has 0 atom stereocenters. The predicted octanol–water partition coefficient (Wildman–Crippen LogP) is 13.7. The van der Waals surface area contributed by atoms with Crippen LogP contribution in [0.15, 0.2) is 191 Å². The van der Waals surface area contributed by atoms with E-state index in [2.05, 4.69) is 36.4 Å². The third-order valence-corrected chi connectivity index (χ3v) is 9.84. The van der Waals surface area contributed by atoms with E-state index in [1.54, 1.807) is 24.3 Å². The molecule has 0 fully saturated rings. The second kappa shape index (κ2) is 18.2. The predicted molar refractivity (Wildman–Crippen MR) is 238 cm³/mol. The maximum absolute atomic E-state index is 14.3. The number of hydrogen-bond acceptors (Lipinski definition) is 4. The summed E-state index contributed by atoms with van der Waals surface area (Å²) in [5.74, 6) is -0.716. The SMILES string of the molecule is C.C.Fc1ccc(-c2ccc(-c3ccccc3)cc2)c2c1oc1ccccc12.Fc1ccc(Cl)c2c1oc1ccccc12.OB(O)c1ccc(-c2ccccc2)cc1. The number of benzene rings is 8. The van der Waals surface area contributed by atoms with Crippen LogP contribution in [0.5, 0.6) is 0 Å². The van der Waals surface area contributed by atoms with Gasteiger partial charge in [-0.2, -0.15) is 0 Å². The van der Waals surface area contributed by atoms with Gasteiger partial charge in [-0.05, 0) is 69.2 Å². The quantitative estimate of drug-likeness (QED) is 0.174. The van der Waals surface area contributed by atoms with E-state index in [1.807, 2.05) is 109 Å². The van der Waals surface area contributed by atoms with Gasteiger partial charge in [-0.25, -0.2) is 8.78 Å². The van der Waals surface area contributed by atoms with Gasteiger partial charge in [-0.3, -0.25) is 0 Å². The van der Waals surface area contributed by atoms with Gasteiger partial charge in [-0.15, -0.1) is 0 Å². The Morgan fingerprint density at radius 1 is 0.414 bits per heavy atom. The maximum Gasteiger partial charge on any atom is 0.488 e. The summed E-state index contributed by atoms with van der Waals surface area (Å²) in [5, 5.41) is 21.6. The van der Waals surface area contributed by atoms with E-state index in [1.165, 1.54) is 17.7 Å². The maximum atomic E-state index is 14.3. The van der Waals surface area contributed by atoms with Crippen LogP contribution in [-0.2, 0) is 0 Å². The molecule has 8 heteroatoms. The summed E-state index contributed by atoms with van der Waals surface area (Å²) >= 11 is 6.02. The highest BCUT2D eigenvalue weighted by atomic mass is 35.5. The summed E-state index contributed by atoms with van der Waals surface area (Å²) in [6.07, 6.45) is 0. The average Bonchev–Trinajstić information content (AvgIpc) is 3.85. The number of rotatable bonds is 4. The highest BCUT2D eigenvalue weighted by molar-refractivity contribution is 6.58. The fourth-order valence-corrected chi connectivity index (χ4v) is 6.99. The van der Waals surface area contributed by atoms with Crippen molar-refractivity contribution in [3.8, 4) is 33.4 Å². The van der Waals surface area contributed by atoms with Gasteiger partial charge in [0.2, 0.25) is 0 Å². The van der Waals surface area contributed by atoms with Crippen molar-refractivity contribution >= 4 is 68.1 Å². The highest BCUT2D eigenvalue weighted by Crippen LogP contribution is 2.39. The minimum Gasteiger partial charge on any atom is -0.453 e. The van der Waals surface area contributed by atoms with E-state index in [0.717, 1.165) is 44.0 Å².